The van der Waals surface area contributed by atoms with Crippen LogP contribution in [0.4, 0.5) is 4.39 Å². The Morgan fingerprint density at radius 1 is 1.46 bits per heavy atom. The minimum absolute atomic E-state index is 0.0631. The molecule has 1 nitrogen and oxygen atoms in total. The van der Waals surface area contributed by atoms with Crippen LogP contribution >= 0.6 is 15.9 Å². The standard InChI is InChI=1S/C10H8BrFO/c11-7-2-1-3-8(12)9(7)10(13)6-4-5-6/h1-3,6H,4-5H2. The highest BCUT2D eigenvalue weighted by molar-refractivity contribution is 9.10. The molecule has 0 aromatic heterocycles. The van der Waals surface area contributed by atoms with Crippen molar-refractivity contribution < 1.29 is 9.18 Å². The van der Waals surface area contributed by atoms with E-state index in [1.165, 1.54) is 6.07 Å². The number of carbonyl (C=O) groups excluding carboxylic acids is 1. The maximum Gasteiger partial charge on any atom is 0.170 e. The van der Waals surface area contributed by atoms with E-state index < -0.39 is 5.82 Å². The van der Waals surface area contributed by atoms with Crippen LogP contribution in [0.15, 0.2) is 22.7 Å². The van der Waals surface area contributed by atoms with Crippen molar-refractivity contribution in [2.24, 2.45) is 5.92 Å². The lowest BCUT2D eigenvalue weighted by molar-refractivity contribution is 0.0963. The number of hydrogen-bond donors (Lipinski definition) is 0. The van der Waals surface area contributed by atoms with Gasteiger partial charge in [0.25, 0.3) is 0 Å². The Hall–Kier alpha value is -0.700. The van der Waals surface area contributed by atoms with Gasteiger partial charge in [-0.25, -0.2) is 4.39 Å². The van der Waals surface area contributed by atoms with Crippen LogP contribution in [-0.2, 0) is 0 Å². The second-order valence-electron chi connectivity index (χ2n) is 3.24. The van der Waals surface area contributed by atoms with Gasteiger partial charge in [0.2, 0.25) is 0 Å². The predicted molar refractivity (Wildman–Crippen MR) is 51.2 cm³/mol. The molecule has 0 saturated heterocycles. The maximum atomic E-state index is 13.2. The Morgan fingerprint density at radius 3 is 2.69 bits per heavy atom. The minimum atomic E-state index is -0.425. The van der Waals surface area contributed by atoms with Crippen molar-refractivity contribution >= 4 is 21.7 Å². The zero-order chi connectivity index (χ0) is 9.42. The highest BCUT2D eigenvalue weighted by Gasteiger charge is 2.32. The smallest absolute Gasteiger partial charge is 0.170 e. The van der Waals surface area contributed by atoms with E-state index in [9.17, 15) is 9.18 Å². The molecule has 3 heteroatoms. The van der Waals surface area contributed by atoms with Crippen molar-refractivity contribution in [1.29, 1.82) is 0 Å². The first-order valence-corrected chi connectivity index (χ1v) is 4.97. The fourth-order valence-corrected chi connectivity index (χ4v) is 1.82. The van der Waals surface area contributed by atoms with Crippen molar-refractivity contribution in [2.75, 3.05) is 0 Å². The first-order chi connectivity index (χ1) is 6.20. The molecular weight excluding hydrogens is 235 g/mol. The maximum absolute atomic E-state index is 13.2. The summed E-state index contributed by atoms with van der Waals surface area (Å²) in [5, 5.41) is 0. The third-order valence-electron chi connectivity index (χ3n) is 2.16. The largest absolute Gasteiger partial charge is 0.294 e. The van der Waals surface area contributed by atoms with Crippen molar-refractivity contribution in [3.05, 3.63) is 34.1 Å². The molecule has 1 aliphatic rings. The molecule has 1 saturated carbocycles. The molecule has 0 N–H and O–H groups in total. The van der Waals surface area contributed by atoms with Gasteiger partial charge in [-0.15, -0.1) is 0 Å². The summed E-state index contributed by atoms with van der Waals surface area (Å²) in [6, 6.07) is 4.60. The van der Waals surface area contributed by atoms with Gasteiger partial charge in [-0.05, 0) is 40.9 Å². The summed E-state index contributed by atoms with van der Waals surface area (Å²) in [4.78, 5) is 11.6. The van der Waals surface area contributed by atoms with Gasteiger partial charge >= 0.3 is 0 Å². The molecule has 1 fully saturated rings. The lowest BCUT2D eigenvalue weighted by atomic mass is 10.1. The average molecular weight is 243 g/mol. The van der Waals surface area contributed by atoms with E-state index in [0.717, 1.165) is 12.8 Å². The highest BCUT2D eigenvalue weighted by Crippen LogP contribution is 2.35. The number of hydrogen-bond acceptors (Lipinski definition) is 1. The summed E-state index contributed by atoms with van der Waals surface area (Å²) in [7, 11) is 0. The normalized spacial score (nSPS) is 15.8. The van der Waals surface area contributed by atoms with Gasteiger partial charge in [0.15, 0.2) is 5.78 Å². The number of Topliss-reactive ketones (excluding diaryl/α,β-unsaturated/α-hetero) is 1. The van der Waals surface area contributed by atoms with Crippen LogP contribution < -0.4 is 0 Å². The van der Waals surface area contributed by atoms with Crippen LogP contribution in [0.3, 0.4) is 0 Å². The fraction of sp³-hybridized carbons (Fsp3) is 0.300. The van der Waals surface area contributed by atoms with Crippen molar-refractivity contribution in [1.82, 2.24) is 0 Å². The number of halogens is 2. The Balaban J connectivity index is 2.42. The number of benzene rings is 1. The molecule has 2 rings (SSSR count). The Bertz CT molecular complexity index is 338. The first-order valence-electron chi connectivity index (χ1n) is 4.18. The fourth-order valence-electron chi connectivity index (χ4n) is 1.28. The highest BCUT2D eigenvalue weighted by atomic mass is 79.9. The molecule has 1 aromatic carbocycles. The third-order valence-corrected chi connectivity index (χ3v) is 2.82. The summed E-state index contributed by atoms with van der Waals surface area (Å²) >= 11 is 3.18. The van der Waals surface area contributed by atoms with Crippen molar-refractivity contribution in [3.8, 4) is 0 Å². The topological polar surface area (TPSA) is 17.1 Å². The zero-order valence-corrected chi connectivity index (χ0v) is 8.47. The van der Waals surface area contributed by atoms with Gasteiger partial charge in [-0.1, -0.05) is 6.07 Å². The zero-order valence-electron chi connectivity index (χ0n) is 6.89. The number of rotatable bonds is 2. The van der Waals surface area contributed by atoms with Gasteiger partial charge < -0.3 is 0 Å². The van der Waals surface area contributed by atoms with Crippen LogP contribution in [0.2, 0.25) is 0 Å². The van der Waals surface area contributed by atoms with Gasteiger partial charge in [-0.3, -0.25) is 4.79 Å². The van der Waals surface area contributed by atoms with Gasteiger partial charge in [0.1, 0.15) is 5.82 Å². The Kier molecular flexibility index (Phi) is 2.20. The SMILES string of the molecule is O=C(c1c(F)cccc1Br)C1CC1. The van der Waals surface area contributed by atoms with Gasteiger partial charge in [-0.2, -0.15) is 0 Å². The molecule has 68 valence electrons. The summed E-state index contributed by atoms with van der Waals surface area (Å²) in [6.07, 6.45) is 1.80. The Labute approximate surface area is 84.1 Å². The van der Waals surface area contributed by atoms with E-state index in [4.69, 9.17) is 0 Å². The number of carbonyl (C=O) groups is 1. The van der Waals surface area contributed by atoms with Crippen LogP contribution in [0.1, 0.15) is 23.2 Å². The van der Waals surface area contributed by atoms with Crippen LogP contribution in [0, 0.1) is 11.7 Å². The summed E-state index contributed by atoms with van der Waals surface area (Å²) in [6.45, 7) is 0. The summed E-state index contributed by atoms with van der Waals surface area (Å²) in [5.41, 5.74) is 0.213. The quantitative estimate of drug-likeness (QED) is 0.729. The van der Waals surface area contributed by atoms with Crippen LogP contribution in [0.25, 0.3) is 0 Å². The second kappa shape index (κ2) is 3.22. The molecule has 1 aliphatic carbocycles. The molecule has 0 unspecified atom stereocenters. The molecule has 0 radical (unpaired) electrons. The summed E-state index contributed by atoms with van der Waals surface area (Å²) in [5.74, 6) is -0.426. The van der Waals surface area contributed by atoms with E-state index in [1.54, 1.807) is 12.1 Å². The van der Waals surface area contributed by atoms with E-state index >= 15 is 0 Å². The van der Waals surface area contributed by atoms with Crippen LogP contribution in [-0.4, -0.2) is 5.78 Å². The predicted octanol–water partition coefficient (Wildman–Crippen LogP) is 3.18. The van der Waals surface area contributed by atoms with Gasteiger partial charge in [0, 0.05) is 10.4 Å². The molecule has 1 aromatic rings. The summed E-state index contributed by atoms with van der Waals surface area (Å²) < 4.78 is 13.8. The van der Waals surface area contributed by atoms with Crippen LogP contribution in [0.5, 0.6) is 0 Å². The molecular formula is C10H8BrFO. The molecule has 0 atom stereocenters. The average Bonchev–Trinajstić information content (AvgIpc) is 2.85. The minimum Gasteiger partial charge on any atom is -0.294 e. The van der Waals surface area contributed by atoms with E-state index in [-0.39, 0.29) is 17.3 Å². The van der Waals surface area contributed by atoms with Crippen molar-refractivity contribution in [3.63, 3.8) is 0 Å². The number of ketones is 1. The monoisotopic (exact) mass is 242 g/mol. The second-order valence-corrected chi connectivity index (χ2v) is 4.09. The molecule has 0 aliphatic heterocycles. The molecule has 0 heterocycles. The first kappa shape index (κ1) is 8.88. The van der Waals surface area contributed by atoms with Crippen molar-refractivity contribution in [2.45, 2.75) is 12.8 Å². The lowest BCUT2D eigenvalue weighted by Gasteiger charge is -2.02. The Morgan fingerprint density at radius 2 is 2.15 bits per heavy atom. The molecule has 0 spiro atoms. The lowest BCUT2D eigenvalue weighted by Crippen LogP contribution is -2.05. The van der Waals surface area contributed by atoms with Gasteiger partial charge in [0.05, 0.1) is 5.56 Å². The third kappa shape index (κ3) is 1.66. The molecule has 13 heavy (non-hydrogen) atoms. The molecule has 0 amide bonds. The molecule has 0 bridgehead atoms. The van der Waals surface area contributed by atoms with E-state index in [1.807, 2.05) is 0 Å². The van der Waals surface area contributed by atoms with E-state index in [0.29, 0.717) is 4.47 Å². The van der Waals surface area contributed by atoms with E-state index in [2.05, 4.69) is 15.9 Å².